The number of hydrogen-bond donors (Lipinski definition) is 2. The van der Waals surface area contributed by atoms with E-state index in [1.165, 1.54) is 0 Å². The first kappa shape index (κ1) is 19.0. The van der Waals surface area contributed by atoms with E-state index in [4.69, 9.17) is 0 Å². The molecule has 0 spiro atoms. The molecule has 2 amide bonds. The maximum absolute atomic E-state index is 12.4. The zero-order chi connectivity index (χ0) is 19.9. The van der Waals surface area contributed by atoms with Gasteiger partial charge in [0.25, 0.3) is 11.8 Å². The second kappa shape index (κ2) is 8.77. The number of carbonyl (C=O) groups is 3. The van der Waals surface area contributed by atoms with Crippen LogP contribution in [0.15, 0.2) is 72.8 Å². The molecule has 0 atom stereocenters. The summed E-state index contributed by atoms with van der Waals surface area (Å²) in [5.41, 5.74) is 4.52. The van der Waals surface area contributed by atoms with E-state index in [1.54, 1.807) is 49.5 Å². The van der Waals surface area contributed by atoms with E-state index in [9.17, 15) is 14.4 Å². The molecule has 0 saturated heterocycles. The minimum absolute atomic E-state index is 0.162. The lowest BCUT2D eigenvalue weighted by molar-refractivity contribution is 0.0948. The van der Waals surface area contributed by atoms with Crippen molar-refractivity contribution in [2.45, 2.75) is 6.54 Å². The summed E-state index contributed by atoms with van der Waals surface area (Å²) in [6.07, 6.45) is 0.807. The molecule has 3 rings (SSSR count). The first-order valence-corrected chi connectivity index (χ1v) is 8.85. The van der Waals surface area contributed by atoms with Crippen molar-refractivity contribution in [1.82, 2.24) is 10.6 Å². The zero-order valence-electron chi connectivity index (χ0n) is 15.4. The van der Waals surface area contributed by atoms with E-state index >= 15 is 0 Å². The Morgan fingerprint density at radius 3 is 2.07 bits per heavy atom. The molecule has 28 heavy (non-hydrogen) atoms. The Labute approximate surface area is 163 Å². The van der Waals surface area contributed by atoms with E-state index in [1.807, 2.05) is 30.3 Å². The third kappa shape index (κ3) is 4.51. The number of benzene rings is 3. The average Bonchev–Trinajstić information content (AvgIpc) is 2.77. The van der Waals surface area contributed by atoms with Gasteiger partial charge in [-0.15, -0.1) is 0 Å². The molecule has 0 aliphatic rings. The van der Waals surface area contributed by atoms with Crippen LogP contribution in [0.5, 0.6) is 0 Å². The van der Waals surface area contributed by atoms with Crippen LogP contribution in [-0.2, 0) is 6.54 Å². The minimum atomic E-state index is -0.187. The molecule has 140 valence electrons. The SMILES string of the molecule is CNC(=O)c1cccc(CNC(=O)c2ccc(-c3ccc(C=O)cc3)cc2)c1. The van der Waals surface area contributed by atoms with Gasteiger partial charge in [-0.25, -0.2) is 0 Å². The van der Waals surface area contributed by atoms with E-state index in [-0.39, 0.29) is 11.8 Å². The summed E-state index contributed by atoms with van der Waals surface area (Å²) in [7, 11) is 1.58. The van der Waals surface area contributed by atoms with Gasteiger partial charge in [-0.05, 0) is 41.0 Å². The molecule has 0 aromatic heterocycles. The van der Waals surface area contributed by atoms with Crippen molar-refractivity contribution in [1.29, 1.82) is 0 Å². The highest BCUT2D eigenvalue weighted by Gasteiger charge is 2.08. The topological polar surface area (TPSA) is 75.3 Å². The van der Waals surface area contributed by atoms with E-state index in [0.29, 0.717) is 23.2 Å². The van der Waals surface area contributed by atoms with Crippen LogP contribution in [0.2, 0.25) is 0 Å². The van der Waals surface area contributed by atoms with Crippen molar-refractivity contribution in [3.8, 4) is 11.1 Å². The number of hydrogen-bond acceptors (Lipinski definition) is 3. The highest BCUT2D eigenvalue weighted by Crippen LogP contribution is 2.20. The largest absolute Gasteiger partial charge is 0.355 e. The number of rotatable bonds is 6. The maximum Gasteiger partial charge on any atom is 0.251 e. The van der Waals surface area contributed by atoms with Gasteiger partial charge < -0.3 is 10.6 Å². The van der Waals surface area contributed by atoms with Crippen LogP contribution in [0.4, 0.5) is 0 Å². The van der Waals surface area contributed by atoms with E-state index in [2.05, 4.69) is 10.6 Å². The second-order valence-electron chi connectivity index (χ2n) is 6.28. The lowest BCUT2D eigenvalue weighted by atomic mass is 10.0. The Hall–Kier alpha value is -3.73. The van der Waals surface area contributed by atoms with Crippen molar-refractivity contribution in [2.24, 2.45) is 0 Å². The van der Waals surface area contributed by atoms with Gasteiger partial charge in [-0.2, -0.15) is 0 Å². The maximum atomic E-state index is 12.4. The smallest absolute Gasteiger partial charge is 0.251 e. The van der Waals surface area contributed by atoms with Crippen LogP contribution in [0, 0.1) is 0 Å². The Bertz CT molecular complexity index is 993. The van der Waals surface area contributed by atoms with Gasteiger partial charge in [0.2, 0.25) is 0 Å². The highest BCUT2D eigenvalue weighted by molar-refractivity contribution is 5.95. The molecule has 0 fully saturated rings. The lowest BCUT2D eigenvalue weighted by Gasteiger charge is -2.08. The van der Waals surface area contributed by atoms with Crippen molar-refractivity contribution >= 4 is 18.1 Å². The van der Waals surface area contributed by atoms with E-state index < -0.39 is 0 Å². The van der Waals surface area contributed by atoms with Crippen molar-refractivity contribution < 1.29 is 14.4 Å². The fourth-order valence-corrected chi connectivity index (χ4v) is 2.82. The van der Waals surface area contributed by atoms with Gasteiger partial charge in [0.15, 0.2) is 0 Å². The van der Waals surface area contributed by atoms with Crippen LogP contribution in [-0.4, -0.2) is 25.1 Å². The first-order chi connectivity index (χ1) is 13.6. The van der Waals surface area contributed by atoms with Crippen molar-refractivity contribution in [3.05, 3.63) is 95.1 Å². The number of aldehydes is 1. The average molecular weight is 372 g/mol. The van der Waals surface area contributed by atoms with Crippen LogP contribution >= 0.6 is 0 Å². The van der Waals surface area contributed by atoms with Crippen molar-refractivity contribution in [3.63, 3.8) is 0 Å². The van der Waals surface area contributed by atoms with Crippen molar-refractivity contribution in [2.75, 3.05) is 7.05 Å². The molecule has 0 unspecified atom stereocenters. The Balaban J connectivity index is 1.64. The Kier molecular flexibility index (Phi) is 5.97. The zero-order valence-corrected chi connectivity index (χ0v) is 15.4. The molecule has 0 radical (unpaired) electrons. The van der Waals surface area contributed by atoms with Gasteiger partial charge in [0.05, 0.1) is 0 Å². The molecule has 5 heteroatoms. The fraction of sp³-hybridized carbons (Fsp3) is 0.0870. The third-order valence-corrected chi connectivity index (χ3v) is 4.40. The number of amides is 2. The molecule has 2 N–H and O–H groups in total. The van der Waals surface area contributed by atoms with Gasteiger partial charge in [0.1, 0.15) is 6.29 Å². The van der Waals surface area contributed by atoms with Gasteiger partial charge in [-0.1, -0.05) is 48.5 Å². The minimum Gasteiger partial charge on any atom is -0.355 e. The standard InChI is InChI=1S/C23H20N2O3/c1-24-22(27)21-4-2-3-17(13-21)14-25-23(28)20-11-9-19(10-12-20)18-7-5-16(15-26)6-8-18/h2-13,15H,14H2,1H3,(H,24,27)(H,25,28). The number of nitrogens with one attached hydrogen (secondary N) is 2. The molecule has 0 heterocycles. The Morgan fingerprint density at radius 2 is 1.46 bits per heavy atom. The predicted molar refractivity (Wildman–Crippen MR) is 108 cm³/mol. The van der Waals surface area contributed by atoms with E-state index in [0.717, 1.165) is 23.0 Å². The molecule has 3 aromatic carbocycles. The lowest BCUT2D eigenvalue weighted by Crippen LogP contribution is -2.23. The van der Waals surface area contributed by atoms with Crippen LogP contribution in [0.3, 0.4) is 0 Å². The quantitative estimate of drug-likeness (QED) is 0.651. The summed E-state index contributed by atoms with van der Waals surface area (Å²) in [6, 6.07) is 21.7. The van der Waals surface area contributed by atoms with Crippen LogP contribution < -0.4 is 10.6 Å². The summed E-state index contributed by atoms with van der Waals surface area (Å²) < 4.78 is 0. The summed E-state index contributed by atoms with van der Waals surface area (Å²) >= 11 is 0. The highest BCUT2D eigenvalue weighted by atomic mass is 16.2. The molecule has 5 nitrogen and oxygen atoms in total. The van der Waals surface area contributed by atoms with Gasteiger partial charge in [0, 0.05) is 30.3 Å². The molecule has 0 saturated carbocycles. The summed E-state index contributed by atoms with van der Waals surface area (Å²) in [6.45, 7) is 0.332. The molecular weight excluding hydrogens is 352 g/mol. The normalized spacial score (nSPS) is 10.2. The van der Waals surface area contributed by atoms with Gasteiger partial charge >= 0.3 is 0 Å². The molecule has 0 aliphatic carbocycles. The number of carbonyl (C=O) groups excluding carboxylic acids is 3. The summed E-state index contributed by atoms with van der Waals surface area (Å²) in [5.74, 6) is -0.349. The summed E-state index contributed by atoms with van der Waals surface area (Å²) in [4.78, 5) is 34.8. The fourth-order valence-electron chi connectivity index (χ4n) is 2.82. The second-order valence-corrected chi connectivity index (χ2v) is 6.28. The monoisotopic (exact) mass is 372 g/mol. The third-order valence-electron chi connectivity index (χ3n) is 4.40. The summed E-state index contributed by atoms with van der Waals surface area (Å²) in [5, 5.41) is 5.45. The van der Waals surface area contributed by atoms with Crippen LogP contribution in [0.1, 0.15) is 36.6 Å². The molecular formula is C23H20N2O3. The molecule has 3 aromatic rings. The molecule has 0 aliphatic heterocycles. The molecule has 0 bridgehead atoms. The van der Waals surface area contributed by atoms with Crippen LogP contribution in [0.25, 0.3) is 11.1 Å². The van der Waals surface area contributed by atoms with Gasteiger partial charge in [-0.3, -0.25) is 14.4 Å². The predicted octanol–water partition coefficient (Wildman–Crippen LogP) is 3.46. The first-order valence-electron chi connectivity index (χ1n) is 8.85. The Morgan fingerprint density at radius 1 is 0.821 bits per heavy atom.